The van der Waals surface area contributed by atoms with Gasteiger partial charge in [0.25, 0.3) is 0 Å². The molecule has 0 N–H and O–H groups in total. The molecule has 1 atom stereocenters. The summed E-state index contributed by atoms with van der Waals surface area (Å²) in [5, 5.41) is 0. The fourth-order valence-electron chi connectivity index (χ4n) is 2.85. The van der Waals surface area contributed by atoms with Crippen LogP contribution >= 0.6 is 0 Å². The molecule has 0 unspecified atom stereocenters. The van der Waals surface area contributed by atoms with Crippen molar-refractivity contribution in [2.75, 3.05) is 26.7 Å². The third-order valence-corrected chi connectivity index (χ3v) is 3.91. The molecule has 106 valence electrons. The van der Waals surface area contributed by atoms with Crippen molar-refractivity contribution in [1.29, 1.82) is 0 Å². The van der Waals surface area contributed by atoms with Gasteiger partial charge in [0.15, 0.2) is 5.60 Å². The molecule has 0 radical (unpaired) electrons. The smallest absolute Gasteiger partial charge is 0.410 e. The first kappa shape index (κ1) is 12.9. The van der Waals surface area contributed by atoms with Gasteiger partial charge < -0.3 is 14.5 Å². The molecule has 2 saturated heterocycles. The molecule has 0 aromatic carbocycles. The number of likely N-dealkylation sites (tertiary alicyclic amines) is 1. The first-order chi connectivity index (χ1) is 9.58. The van der Waals surface area contributed by atoms with Crippen LogP contribution in [0.25, 0.3) is 0 Å². The van der Waals surface area contributed by atoms with Gasteiger partial charge in [0.1, 0.15) is 0 Å². The molecule has 1 spiro atoms. The van der Waals surface area contributed by atoms with Crippen LogP contribution in [0.5, 0.6) is 0 Å². The van der Waals surface area contributed by atoms with Crippen molar-refractivity contribution < 1.29 is 14.3 Å². The Kier molecular flexibility index (Phi) is 3.08. The topological polar surface area (TPSA) is 62.7 Å². The molecule has 2 aliphatic rings. The maximum Gasteiger partial charge on any atom is 0.410 e. The zero-order valence-corrected chi connectivity index (χ0v) is 11.4. The highest BCUT2D eigenvalue weighted by molar-refractivity contribution is 5.79. The summed E-state index contributed by atoms with van der Waals surface area (Å²) in [6, 6.07) is 3.68. The van der Waals surface area contributed by atoms with E-state index in [1.54, 1.807) is 29.2 Å². The first-order valence-electron chi connectivity index (χ1n) is 6.69. The molecule has 3 rings (SSSR count). The molecule has 0 aliphatic carbocycles. The standard InChI is InChI=1S/C14H17N3O3/c1-16-9-14(20-13(16)19)4-7-17(10-14)12(18)8-11-2-5-15-6-3-11/h2-3,5-6H,4,7-10H2,1H3/t14-/m0/s1. The van der Waals surface area contributed by atoms with E-state index in [9.17, 15) is 9.59 Å². The Morgan fingerprint density at radius 3 is 2.80 bits per heavy atom. The van der Waals surface area contributed by atoms with Gasteiger partial charge in [-0.15, -0.1) is 0 Å². The second-order valence-corrected chi connectivity index (χ2v) is 5.50. The number of hydrogen-bond acceptors (Lipinski definition) is 4. The Morgan fingerprint density at radius 2 is 2.15 bits per heavy atom. The van der Waals surface area contributed by atoms with Crippen LogP contribution in [0.3, 0.4) is 0 Å². The van der Waals surface area contributed by atoms with Gasteiger partial charge in [0.05, 0.1) is 19.5 Å². The fourth-order valence-corrected chi connectivity index (χ4v) is 2.85. The molecule has 6 nitrogen and oxygen atoms in total. The van der Waals surface area contributed by atoms with Crippen molar-refractivity contribution in [3.8, 4) is 0 Å². The second kappa shape index (κ2) is 4.77. The highest BCUT2D eigenvalue weighted by Crippen LogP contribution is 2.31. The van der Waals surface area contributed by atoms with Crippen LogP contribution in [-0.2, 0) is 16.0 Å². The third-order valence-electron chi connectivity index (χ3n) is 3.91. The van der Waals surface area contributed by atoms with Crippen molar-refractivity contribution in [1.82, 2.24) is 14.8 Å². The molecule has 2 amide bonds. The third kappa shape index (κ3) is 2.33. The van der Waals surface area contributed by atoms with Crippen molar-refractivity contribution in [3.63, 3.8) is 0 Å². The van der Waals surface area contributed by atoms with Crippen molar-refractivity contribution in [3.05, 3.63) is 30.1 Å². The quantitative estimate of drug-likeness (QED) is 0.796. The van der Waals surface area contributed by atoms with E-state index in [0.717, 1.165) is 5.56 Å². The minimum Gasteiger partial charge on any atom is -0.439 e. The minimum atomic E-state index is -0.500. The molecule has 20 heavy (non-hydrogen) atoms. The number of aromatic nitrogens is 1. The van der Waals surface area contributed by atoms with E-state index in [4.69, 9.17) is 4.74 Å². The van der Waals surface area contributed by atoms with E-state index in [0.29, 0.717) is 32.5 Å². The maximum absolute atomic E-state index is 12.3. The van der Waals surface area contributed by atoms with E-state index in [2.05, 4.69) is 4.98 Å². The number of carbonyl (C=O) groups is 2. The lowest BCUT2D eigenvalue weighted by atomic mass is 10.0. The zero-order chi connectivity index (χ0) is 14.2. The molecule has 0 bridgehead atoms. The number of hydrogen-bond donors (Lipinski definition) is 0. The first-order valence-corrected chi connectivity index (χ1v) is 6.69. The summed E-state index contributed by atoms with van der Waals surface area (Å²) < 4.78 is 5.44. The summed E-state index contributed by atoms with van der Waals surface area (Å²) in [5.74, 6) is 0.0682. The molecule has 1 aromatic rings. The molecular weight excluding hydrogens is 258 g/mol. The molecule has 1 aromatic heterocycles. The number of carbonyl (C=O) groups excluding carboxylic acids is 2. The fraction of sp³-hybridized carbons (Fsp3) is 0.500. The van der Waals surface area contributed by atoms with E-state index >= 15 is 0 Å². The monoisotopic (exact) mass is 275 g/mol. The molecule has 3 heterocycles. The predicted molar refractivity (Wildman–Crippen MR) is 71.0 cm³/mol. The predicted octanol–water partition coefficient (Wildman–Crippen LogP) is 0.677. The van der Waals surface area contributed by atoms with E-state index in [-0.39, 0.29) is 12.0 Å². The van der Waals surface area contributed by atoms with E-state index < -0.39 is 5.60 Å². The summed E-state index contributed by atoms with van der Waals surface area (Å²) in [6.45, 7) is 1.70. The average Bonchev–Trinajstić information content (AvgIpc) is 2.95. The van der Waals surface area contributed by atoms with Crippen LogP contribution in [0.4, 0.5) is 4.79 Å². The highest BCUT2D eigenvalue weighted by atomic mass is 16.6. The molecular formula is C14H17N3O3. The largest absolute Gasteiger partial charge is 0.439 e. The van der Waals surface area contributed by atoms with Gasteiger partial charge in [-0.25, -0.2) is 4.79 Å². The van der Waals surface area contributed by atoms with Gasteiger partial charge in [0.2, 0.25) is 5.91 Å². The summed E-state index contributed by atoms with van der Waals surface area (Å²) in [7, 11) is 1.72. The number of likely N-dealkylation sites (N-methyl/N-ethyl adjacent to an activating group) is 1. The van der Waals surface area contributed by atoms with Crippen LogP contribution in [0, 0.1) is 0 Å². The molecule has 2 fully saturated rings. The van der Waals surface area contributed by atoms with Crippen LogP contribution < -0.4 is 0 Å². The Hall–Kier alpha value is -2.11. The van der Waals surface area contributed by atoms with Gasteiger partial charge in [0, 0.05) is 32.4 Å². The minimum absolute atomic E-state index is 0.0682. The number of nitrogens with zero attached hydrogens (tertiary/aromatic N) is 3. The summed E-state index contributed by atoms with van der Waals surface area (Å²) in [4.78, 5) is 31.1. The number of ether oxygens (including phenoxy) is 1. The normalized spacial score (nSPS) is 25.4. The lowest BCUT2D eigenvalue weighted by Gasteiger charge is -2.21. The lowest BCUT2D eigenvalue weighted by molar-refractivity contribution is -0.130. The van der Waals surface area contributed by atoms with E-state index in [1.807, 2.05) is 12.1 Å². The van der Waals surface area contributed by atoms with Gasteiger partial charge >= 0.3 is 6.09 Å². The Bertz CT molecular complexity index is 534. The Balaban J connectivity index is 1.63. The van der Waals surface area contributed by atoms with Gasteiger partial charge in [-0.2, -0.15) is 0 Å². The van der Waals surface area contributed by atoms with Crippen LogP contribution in [0.2, 0.25) is 0 Å². The van der Waals surface area contributed by atoms with Crippen molar-refractivity contribution in [2.45, 2.75) is 18.4 Å². The molecule has 6 heteroatoms. The number of rotatable bonds is 2. The van der Waals surface area contributed by atoms with Crippen LogP contribution in [-0.4, -0.2) is 59.1 Å². The van der Waals surface area contributed by atoms with Gasteiger partial charge in [-0.3, -0.25) is 9.78 Å². The second-order valence-electron chi connectivity index (χ2n) is 5.50. The highest BCUT2D eigenvalue weighted by Gasteiger charge is 2.49. The molecule has 0 saturated carbocycles. The number of amides is 2. The van der Waals surface area contributed by atoms with Crippen molar-refractivity contribution in [2.24, 2.45) is 0 Å². The number of pyridine rings is 1. The summed E-state index contributed by atoms with van der Waals surface area (Å²) in [6.07, 6.45) is 4.14. The summed E-state index contributed by atoms with van der Waals surface area (Å²) in [5.41, 5.74) is 0.450. The maximum atomic E-state index is 12.3. The zero-order valence-electron chi connectivity index (χ0n) is 11.4. The van der Waals surface area contributed by atoms with Crippen molar-refractivity contribution >= 4 is 12.0 Å². The lowest BCUT2D eigenvalue weighted by Crippen LogP contribution is -2.39. The molecule has 2 aliphatic heterocycles. The average molecular weight is 275 g/mol. The van der Waals surface area contributed by atoms with Crippen LogP contribution in [0.1, 0.15) is 12.0 Å². The van der Waals surface area contributed by atoms with Crippen LogP contribution in [0.15, 0.2) is 24.5 Å². The van der Waals surface area contributed by atoms with E-state index in [1.165, 1.54) is 0 Å². The Morgan fingerprint density at radius 1 is 1.40 bits per heavy atom. The summed E-state index contributed by atoms with van der Waals surface area (Å²) >= 11 is 0. The van der Waals surface area contributed by atoms with Gasteiger partial charge in [-0.1, -0.05) is 0 Å². The Labute approximate surface area is 117 Å². The SMILES string of the molecule is CN1C[C@]2(CCN(C(=O)Cc3ccncc3)C2)OC1=O. The van der Waals surface area contributed by atoms with Gasteiger partial charge in [-0.05, 0) is 17.7 Å².